The fraction of sp³-hybridized carbons (Fsp3) is 0.292. The first-order valence-corrected chi connectivity index (χ1v) is 12.4. The van der Waals surface area contributed by atoms with E-state index in [-0.39, 0.29) is 40.7 Å². The largest absolute Gasteiger partial charge is 0.425 e. The summed E-state index contributed by atoms with van der Waals surface area (Å²) in [5.41, 5.74) is 1.50. The fourth-order valence-electron chi connectivity index (χ4n) is 3.71. The number of aliphatic hydroxyl groups is 1. The van der Waals surface area contributed by atoms with E-state index >= 15 is 0 Å². The van der Waals surface area contributed by atoms with Gasteiger partial charge in [-0.15, -0.1) is 0 Å². The minimum Gasteiger partial charge on any atom is -0.425 e. The summed E-state index contributed by atoms with van der Waals surface area (Å²) in [4.78, 5) is 30.8. The van der Waals surface area contributed by atoms with Crippen molar-refractivity contribution in [2.24, 2.45) is 7.05 Å². The van der Waals surface area contributed by atoms with Crippen molar-refractivity contribution in [1.82, 2.24) is 18.7 Å². The van der Waals surface area contributed by atoms with E-state index in [0.717, 1.165) is 15.7 Å². The van der Waals surface area contributed by atoms with Gasteiger partial charge < -0.3 is 9.84 Å². The Morgan fingerprint density at radius 3 is 2.56 bits per heavy atom. The summed E-state index contributed by atoms with van der Waals surface area (Å²) in [7, 11) is 1.57. The Morgan fingerprint density at radius 2 is 1.88 bits per heavy atom. The predicted molar refractivity (Wildman–Crippen MR) is 140 cm³/mol. The van der Waals surface area contributed by atoms with E-state index in [9.17, 15) is 14.7 Å². The Labute approximate surface area is 214 Å². The lowest BCUT2D eigenvalue weighted by molar-refractivity contribution is 0.277. The van der Waals surface area contributed by atoms with Crippen molar-refractivity contribution in [3.05, 3.63) is 85.5 Å². The van der Waals surface area contributed by atoms with E-state index in [1.807, 2.05) is 36.4 Å². The Kier molecular flexibility index (Phi) is 7.44. The van der Waals surface area contributed by atoms with Crippen LogP contribution >= 0.6 is 34.2 Å². The Balaban J connectivity index is 1.91. The third-order valence-corrected chi connectivity index (χ3v) is 6.49. The minimum absolute atomic E-state index is 0.107. The monoisotopic (exact) mass is 594 g/mol. The van der Waals surface area contributed by atoms with Crippen LogP contribution in [0.25, 0.3) is 11.2 Å². The third-order valence-electron chi connectivity index (χ3n) is 5.52. The second-order valence-electron chi connectivity index (χ2n) is 7.95. The van der Waals surface area contributed by atoms with Gasteiger partial charge in [-0.1, -0.05) is 58.5 Å². The number of nitrogens with zero attached hydrogens (tertiary/aromatic N) is 4. The molecule has 178 valence electrons. The first-order chi connectivity index (χ1) is 16.3. The van der Waals surface area contributed by atoms with Gasteiger partial charge in [0.1, 0.15) is 5.75 Å². The molecule has 4 aromatic rings. The molecule has 0 fully saturated rings. The molecule has 0 aliphatic rings. The minimum atomic E-state index is -0.491. The topological polar surface area (TPSA) is 91.3 Å². The molecule has 0 radical (unpaired) electrons. The molecule has 0 amide bonds. The van der Waals surface area contributed by atoms with Crippen LogP contribution in [0.15, 0.2) is 58.1 Å². The number of alkyl halides is 1. The Morgan fingerprint density at radius 1 is 1.15 bits per heavy atom. The highest BCUT2D eigenvalue weighted by Gasteiger charge is 2.22. The summed E-state index contributed by atoms with van der Waals surface area (Å²) < 4.78 is 10.6. The van der Waals surface area contributed by atoms with Gasteiger partial charge in [-0.2, -0.15) is 4.98 Å². The van der Waals surface area contributed by atoms with E-state index in [4.69, 9.17) is 16.3 Å². The van der Waals surface area contributed by atoms with E-state index in [1.54, 1.807) is 23.7 Å². The molecule has 1 atom stereocenters. The maximum absolute atomic E-state index is 13.4. The highest BCUT2D eigenvalue weighted by molar-refractivity contribution is 14.1. The lowest BCUT2D eigenvalue weighted by Gasteiger charge is -2.12. The molecule has 34 heavy (non-hydrogen) atoms. The third kappa shape index (κ3) is 4.91. The molecule has 1 unspecified atom stereocenters. The zero-order valence-corrected chi connectivity index (χ0v) is 21.7. The first-order valence-electron chi connectivity index (χ1n) is 10.8. The summed E-state index contributed by atoms with van der Waals surface area (Å²) in [6, 6.07) is 15.2. The zero-order chi connectivity index (χ0) is 24.4. The summed E-state index contributed by atoms with van der Waals surface area (Å²) in [6.07, 6.45) is 0.288. The van der Waals surface area contributed by atoms with Crippen molar-refractivity contribution in [3.63, 3.8) is 0 Å². The maximum Gasteiger partial charge on any atom is 0.332 e. The van der Waals surface area contributed by atoms with Crippen LogP contribution in [0.3, 0.4) is 0 Å². The van der Waals surface area contributed by atoms with Crippen molar-refractivity contribution in [2.75, 3.05) is 6.61 Å². The molecule has 8 nitrogen and oxygen atoms in total. The van der Waals surface area contributed by atoms with Gasteiger partial charge in [0.05, 0.1) is 6.54 Å². The number of hydrogen-bond donors (Lipinski definition) is 1. The lowest BCUT2D eigenvalue weighted by atomic mass is 10.2. The number of aromatic nitrogens is 4. The van der Waals surface area contributed by atoms with Gasteiger partial charge in [-0.05, 0) is 48.7 Å². The molecule has 0 saturated heterocycles. The molecule has 0 bridgehead atoms. The molecule has 0 aliphatic heterocycles. The van der Waals surface area contributed by atoms with Crippen molar-refractivity contribution >= 4 is 45.4 Å². The molecule has 4 rings (SSSR count). The van der Waals surface area contributed by atoms with E-state index in [2.05, 4.69) is 34.5 Å². The average Bonchev–Trinajstić information content (AvgIpc) is 3.17. The molecule has 2 aromatic heterocycles. The molecule has 2 heterocycles. The van der Waals surface area contributed by atoms with Crippen LogP contribution in [0.5, 0.6) is 11.8 Å². The van der Waals surface area contributed by atoms with Gasteiger partial charge >= 0.3 is 11.7 Å². The van der Waals surface area contributed by atoms with Crippen LogP contribution in [0, 0.1) is 0 Å². The van der Waals surface area contributed by atoms with Crippen LogP contribution in [0.1, 0.15) is 28.4 Å². The van der Waals surface area contributed by atoms with E-state index in [0.29, 0.717) is 17.3 Å². The first kappa shape index (κ1) is 24.5. The highest BCUT2D eigenvalue weighted by Crippen LogP contribution is 2.29. The molecule has 2 aromatic carbocycles. The summed E-state index contributed by atoms with van der Waals surface area (Å²) in [5.74, 6) is 0.583. The smallest absolute Gasteiger partial charge is 0.332 e. The van der Waals surface area contributed by atoms with Crippen LogP contribution in [0.2, 0.25) is 5.02 Å². The van der Waals surface area contributed by atoms with Crippen molar-refractivity contribution in [2.45, 2.75) is 30.4 Å². The number of aryl methyl sites for hydroxylation is 1. The summed E-state index contributed by atoms with van der Waals surface area (Å²) in [6.45, 7) is 2.35. The van der Waals surface area contributed by atoms with Crippen LogP contribution in [0.4, 0.5) is 0 Å². The normalized spacial score (nSPS) is 12.3. The van der Waals surface area contributed by atoms with Crippen LogP contribution in [-0.2, 0) is 20.1 Å². The van der Waals surface area contributed by atoms with E-state index < -0.39 is 11.2 Å². The van der Waals surface area contributed by atoms with Crippen molar-refractivity contribution in [3.8, 4) is 11.8 Å². The molecular weight excluding hydrogens is 571 g/mol. The highest BCUT2D eigenvalue weighted by atomic mass is 127. The van der Waals surface area contributed by atoms with Gasteiger partial charge in [0.15, 0.2) is 11.2 Å². The van der Waals surface area contributed by atoms with Gasteiger partial charge in [-0.3, -0.25) is 18.5 Å². The fourth-order valence-corrected chi connectivity index (χ4v) is 4.22. The number of imidazole rings is 1. The number of benzene rings is 2. The SMILES string of the molecule is CC(I)c1cccc(Oc2nc3c(c(=O)n(CCCO)c(=O)n3C)n2Cc2ccc(Cl)cc2)c1. The second-order valence-corrected chi connectivity index (χ2v) is 10.3. The standard InChI is InChI=1S/C24H24ClIN4O4/c1-15(26)17-5-3-6-19(13-17)34-23-27-21-20(30(23)14-16-7-9-18(25)10-8-16)22(32)29(11-4-12-31)24(33)28(21)2/h3,5-10,13,15,31H,4,11-12,14H2,1-2H3. The number of ether oxygens (including phenoxy) is 1. The quantitative estimate of drug-likeness (QED) is 0.243. The molecule has 0 spiro atoms. The number of hydrogen-bond acceptors (Lipinski definition) is 5. The number of rotatable bonds is 8. The van der Waals surface area contributed by atoms with Crippen LogP contribution in [-0.4, -0.2) is 30.4 Å². The zero-order valence-electron chi connectivity index (χ0n) is 18.7. The summed E-state index contributed by atoms with van der Waals surface area (Å²) in [5, 5.41) is 9.83. The summed E-state index contributed by atoms with van der Waals surface area (Å²) >= 11 is 8.38. The number of aliphatic hydroxyl groups excluding tert-OH is 1. The molecule has 10 heteroatoms. The van der Waals surface area contributed by atoms with Gasteiger partial charge in [-0.25, -0.2) is 4.79 Å². The number of halogens is 2. The predicted octanol–water partition coefficient (Wildman–Crippen LogP) is 4.27. The molecule has 0 aliphatic carbocycles. The van der Waals surface area contributed by atoms with Gasteiger partial charge in [0.25, 0.3) is 5.56 Å². The molecule has 0 saturated carbocycles. The maximum atomic E-state index is 13.4. The van der Waals surface area contributed by atoms with Crippen molar-refractivity contribution in [1.29, 1.82) is 0 Å². The van der Waals surface area contributed by atoms with Crippen molar-refractivity contribution < 1.29 is 9.84 Å². The van der Waals surface area contributed by atoms with Crippen LogP contribution < -0.4 is 16.0 Å². The Hall–Kier alpha value is -2.63. The molecular formula is C24H24ClIN4O4. The van der Waals surface area contributed by atoms with Gasteiger partial charge in [0, 0.05) is 29.1 Å². The second kappa shape index (κ2) is 10.3. The number of fused-ring (bicyclic) bond motifs is 1. The average molecular weight is 595 g/mol. The van der Waals surface area contributed by atoms with Gasteiger partial charge in [0.2, 0.25) is 0 Å². The Bertz CT molecular complexity index is 1440. The van der Waals surface area contributed by atoms with E-state index in [1.165, 1.54) is 4.57 Å². The lowest BCUT2D eigenvalue weighted by Crippen LogP contribution is -2.39. The molecule has 1 N–H and O–H groups in total.